The molecule has 1 amide bonds. The maximum Gasteiger partial charge on any atom is 0.238 e. The Morgan fingerprint density at radius 2 is 1.87 bits per heavy atom. The van der Waals surface area contributed by atoms with Gasteiger partial charge in [-0.05, 0) is 57.1 Å². The molecule has 168 valence electrons. The van der Waals surface area contributed by atoms with Gasteiger partial charge in [-0.15, -0.1) is 0 Å². The van der Waals surface area contributed by atoms with Crippen LogP contribution in [0.1, 0.15) is 75.7 Å². The molecule has 6 heteroatoms. The number of carbonyl (C=O) groups is 1. The second kappa shape index (κ2) is 8.36. The third-order valence-electron chi connectivity index (χ3n) is 7.29. The summed E-state index contributed by atoms with van der Waals surface area (Å²) in [6, 6.07) is 7.99. The molecule has 2 aromatic rings. The van der Waals surface area contributed by atoms with Gasteiger partial charge in [0.2, 0.25) is 5.91 Å². The maximum absolute atomic E-state index is 15.1. The molecule has 31 heavy (non-hydrogen) atoms. The van der Waals surface area contributed by atoms with Crippen LogP contribution in [0.25, 0.3) is 0 Å². The highest BCUT2D eigenvalue weighted by Crippen LogP contribution is 2.46. The topological polar surface area (TPSA) is 38.1 Å². The molecular weight excluding hydrogens is 396 g/mol. The summed E-state index contributed by atoms with van der Waals surface area (Å²) < 4.78 is 30.0. The van der Waals surface area contributed by atoms with E-state index in [1.807, 2.05) is 27.7 Å². The molecule has 4 nitrogen and oxygen atoms in total. The number of rotatable bonds is 8. The molecule has 2 aliphatic rings. The number of aryl methyl sites for hydroxylation is 1. The number of imidazole rings is 1. The van der Waals surface area contributed by atoms with Crippen LogP contribution in [0.15, 0.2) is 24.3 Å². The number of halogens is 2. The number of benzene rings is 1. The number of hydrogen-bond acceptors (Lipinski definition) is 2. The van der Waals surface area contributed by atoms with Crippen molar-refractivity contribution in [2.24, 2.45) is 0 Å². The monoisotopic (exact) mass is 429 g/mol. The van der Waals surface area contributed by atoms with Gasteiger partial charge >= 0.3 is 0 Å². The van der Waals surface area contributed by atoms with Gasteiger partial charge in [0.25, 0.3) is 0 Å². The van der Waals surface area contributed by atoms with Crippen molar-refractivity contribution < 1.29 is 13.6 Å². The second-order valence-electron chi connectivity index (χ2n) is 9.26. The summed E-state index contributed by atoms with van der Waals surface area (Å²) in [5, 5.41) is 0. The molecule has 1 unspecified atom stereocenters. The lowest BCUT2D eigenvalue weighted by atomic mass is 9.77. The second-order valence-corrected chi connectivity index (χ2v) is 9.26. The fourth-order valence-electron chi connectivity index (χ4n) is 5.40. The van der Waals surface area contributed by atoms with E-state index in [-0.39, 0.29) is 18.9 Å². The van der Waals surface area contributed by atoms with Gasteiger partial charge in [-0.2, -0.15) is 0 Å². The van der Waals surface area contributed by atoms with Crippen LogP contribution < -0.4 is 4.90 Å². The van der Waals surface area contributed by atoms with E-state index in [0.29, 0.717) is 12.4 Å². The first-order valence-corrected chi connectivity index (χ1v) is 11.6. The first-order chi connectivity index (χ1) is 14.9. The third kappa shape index (κ3) is 3.68. The number of para-hydroxylation sites is 1. The summed E-state index contributed by atoms with van der Waals surface area (Å²) in [6.07, 6.45) is 5.18. The minimum atomic E-state index is -1.65. The molecule has 1 aliphatic heterocycles. The van der Waals surface area contributed by atoms with Gasteiger partial charge in [0.1, 0.15) is 11.5 Å². The zero-order valence-corrected chi connectivity index (χ0v) is 18.9. The Kier molecular flexibility index (Phi) is 5.93. The van der Waals surface area contributed by atoms with Crippen molar-refractivity contribution >= 4 is 11.6 Å². The number of amides is 1. The minimum absolute atomic E-state index is 0.0744. The molecule has 0 fully saturated rings. The zero-order valence-electron chi connectivity index (χ0n) is 18.9. The lowest BCUT2D eigenvalue weighted by Gasteiger charge is -2.27. The Balaban J connectivity index is 1.74. The Morgan fingerprint density at radius 3 is 2.58 bits per heavy atom. The fraction of sp³-hybridized carbons (Fsp3) is 0.600. The van der Waals surface area contributed by atoms with E-state index in [0.717, 1.165) is 61.2 Å². The molecule has 1 aromatic heterocycles. The van der Waals surface area contributed by atoms with Gasteiger partial charge < -0.3 is 9.47 Å². The van der Waals surface area contributed by atoms with Crippen LogP contribution in [-0.4, -0.2) is 27.8 Å². The molecule has 4 rings (SSSR count). The third-order valence-corrected chi connectivity index (χ3v) is 7.29. The Morgan fingerprint density at radius 1 is 1.16 bits per heavy atom. The van der Waals surface area contributed by atoms with Crippen molar-refractivity contribution in [3.63, 3.8) is 0 Å². The summed E-state index contributed by atoms with van der Waals surface area (Å²) in [7, 11) is 0. The standard InChI is InChI=1S/C25H33F2N3O/c1-4-25(5-2)18-10-6-8-12-20(18)29(23(25)31)16-22-28-19-11-7-9-13-21(19)30(22)17-24(3,27)14-15-26/h6,8,10,12H,4-5,7,9,11,13-17H2,1-3H3. The smallest absolute Gasteiger partial charge is 0.238 e. The number of hydrogen-bond donors (Lipinski definition) is 0. The van der Waals surface area contributed by atoms with Crippen LogP contribution in [0.4, 0.5) is 14.5 Å². The van der Waals surface area contributed by atoms with Crippen LogP contribution in [0.3, 0.4) is 0 Å². The highest BCUT2D eigenvalue weighted by Gasteiger charge is 2.48. The molecule has 0 bridgehead atoms. The minimum Gasteiger partial charge on any atom is -0.327 e. The van der Waals surface area contributed by atoms with Crippen molar-refractivity contribution in [3.8, 4) is 0 Å². The lowest BCUT2D eigenvalue weighted by molar-refractivity contribution is -0.123. The fourth-order valence-corrected chi connectivity index (χ4v) is 5.40. The predicted molar refractivity (Wildman–Crippen MR) is 119 cm³/mol. The molecule has 1 aliphatic carbocycles. The average Bonchev–Trinajstić information content (AvgIpc) is 3.21. The normalized spacial score (nSPS) is 19.3. The van der Waals surface area contributed by atoms with Crippen molar-refractivity contribution in [1.82, 2.24) is 9.55 Å². The van der Waals surface area contributed by atoms with Crippen molar-refractivity contribution in [3.05, 3.63) is 47.0 Å². The van der Waals surface area contributed by atoms with Crippen molar-refractivity contribution in [2.45, 2.75) is 89.9 Å². The molecule has 0 saturated heterocycles. The highest BCUT2D eigenvalue weighted by atomic mass is 19.1. The molecule has 1 aromatic carbocycles. The van der Waals surface area contributed by atoms with Gasteiger partial charge in [0.15, 0.2) is 0 Å². The molecule has 0 spiro atoms. The van der Waals surface area contributed by atoms with E-state index in [9.17, 15) is 9.18 Å². The van der Waals surface area contributed by atoms with E-state index in [4.69, 9.17) is 4.98 Å². The Labute approximate surface area is 183 Å². The van der Waals surface area contributed by atoms with Gasteiger partial charge in [0.05, 0.1) is 30.9 Å². The highest BCUT2D eigenvalue weighted by molar-refractivity contribution is 6.07. The summed E-state index contributed by atoms with van der Waals surface area (Å²) in [6.45, 7) is 5.29. The molecule has 0 radical (unpaired) electrons. The van der Waals surface area contributed by atoms with E-state index in [2.05, 4.69) is 19.9 Å². The molecule has 0 saturated carbocycles. The predicted octanol–water partition coefficient (Wildman–Crippen LogP) is 5.45. The SMILES string of the molecule is CCC1(CC)C(=O)N(Cc2nc3c(n2CC(C)(F)CCF)CCCC3)c2ccccc21. The summed E-state index contributed by atoms with van der Waals surface area (Å²) >= 11 is 0. The van der Waals surface area contributed by atoms with Gasteiger partial charge in [0, 0.05) is 17.8 Å². The Hall–Kier alpha value is -2.24. The quantitative estimate of drug-likeness (QED) is 0.559. The van der Waals surface area contributed by atoms with Crippen LogP contribution >= 0.6 is 0 Å². The number of anilines is 1. The number of alkyl halides is 2. The molecule has 1 atom stereocenters. The van der Waals surface area contributed by atoms with Crippen LogP contribution in [0.2, 0.25) is 0 Å². The van der Waals surface area contributed by atoms with Gasteiger partial charge in [-0.25, -0.2) is 9.37 Å². The Bertz CT molecular complexity index is 962. The number of carbonyl (C=O) groups excluding carboxylic acids is 1. The average molecular weight is 430 g/mol. The number of nitrogens with zero attached hydrogens (tertiary/aromatic N) is 3. The molecular formula is C25H33F2N3O. The summed E-state index contributed by atoms with van der Waals surface area (Å²) in [4.78, 5) is 20.4. The van der Waals surface area contributed by atoms with Crippen LogP contribution in [-0.2, 0) is 36.1 Å². The number of aromatic nitrogens is 2. The van der Waals surface area contributed by atoms with E-state index in [1.54, 1.807) is 0 Å². The van der Waals surface area contributed by atoms with Crippen LogP contribution in [0, 0.1) is 0 Å². The van der Waals surface area contributed by atoms with E-state index in [1.165, 1.54) is 6.92 Å². The van der Waals surface area contributed by atoms with Crippen LogP contribution in [0.5, 0.6) is 0 Å². The van der Waals surface area contributed by atoms with E-state index < -0.39 is 17.8 Å². The van der Waals surface area contributed by atoms with Crippen molar-refractivity contribution in [1.29, 1.82) is 0 Å². The number of fused-ring (bicyclic) bond motifs is 2. The first-order valence-electron chi connectivity index (χ1n) is 11.6. The first kappa shape index (κ1) is 22.0. The summed E-state index contributed by atoms with van der Waals surface area (Å²) in [5.41, 5.74) is 1.89. The summed E-state index contributed by atoms with van der Waals surface area (Å²) in [5.74, 6) is 0.804. The van der Waals surface area contributed by atoms with Crippen molar-refractivity contribution in [2.75, 3.05) is 11.6 Å². The molecule has 2 heterocycles. The van der Waals surface area contributed by atoms with Gasteiger partial charge in [-0.1, -0.05) is 32.0 Å². The van der Waals surface area contributed by atoms with Gasteiger partial charge in [-0.3, -0.25) is 9.18 Å². The maximum atomic E-state index is 15.1. The lowest BCUT2D eigenvalue weighted by Crippen LogP contribution is -2.40. The zero-order chi connectivity index (χ0) is 22.2. The van der Waals surface area contributed by atoms with E-state index >= 15 is 4.39 Å². The largest absolute Gasteiger partial charge is 0.327 e. The molecule has 0 N–H and O–H groups in total.